The molecule has 0 saturated carbocycles. The van der Waals surface area contributed by atoms with E-state index in [0.29, 0.717) is 23.5 Å². The van der Waals surface area contributed by atoms with Crippen molar-refractivity contribution in [2.75, 3.05) is 6.54 Å². The SMILES string of the molecule is Cc1occc1C(=O)N1CC[C@@]2(C)c3cccc(O)c3CC1C2(C)C. The number of piperidine rings is 1. The molecule has 1 aliphatic heterocycles. The number of benzene rings is 1. The molecule has 2 aliphatic rings. The number of carbonyl (C=O) groups excluding carboxylic acids is 1. The van der Waals surface area contributed by atoms with Crippen molar-refractivity contribution in [1.82, 2.24) is 4.90 Å². The van der Waals surface area contributed by atoms with Crippen LogP contribution in [0, 0.1) is 12.3 Å². The summed E-state index contributed by atoms with van der Waals surface area (Å²) in [4.78, 5) is 15.2. The molecule has 2 bridgehead atoms. The average molecular weight is 339 g/mol. The average Bonchev–Trinajstić information content (AvgIpc) is 2.97. The van der Waals surface area contributed by atoms with E-state index in [1.54, 1.807) is 18.4 Å². The van der Waals surface area contributed by atoms with Gasteiger partial charge in [-0.3, -0.25) is 4.79 Å². The van der Waals surface area contributed by atoms with Gasteiger partial charge in [-0.05, 0) is 48.4 Å². The van der Waals surface area contributed by atoms with Gasteiger partial charge < -0.3 is 14.4 Å². The second-order valence-electron chi connectivity index (χ2n) is 8.22. The molecule has 1 aromatic carbocycles. The predicted molar refractivity (Wildman–Crippen MR) is 95.8 cm³/mol. The number of amides is 1. The largest absolute Gasteiger partial charge is 0.508 e. The van der Waals surface area contributed by atoms with Crippen LogP contribution in [0.1, 0.15) is 54.4 Å². The summed E-state index contributed by atoms with van der Waals surface area (Å²) in [6, 6.07) is 7.64. The number of aromatic hydroxyl groups is 1. The molecule has 2 atom stereocenters. The predicted octanol–water partition coefficient (Wildman–Crippen LogP) is 4.05. The number of likely N-dealkylation sites (tertiary alicyclic amines) is 1. The number of furan rings is 1. The Morgan fingerprint density at radius 3 is 2.72 bits per heavy atom. The van der Waals surface area contributed by atoms with Gasteiger partial charge in [-0.2, -0.15) is 0 Å². The lowest BCUT2D eigenvalue weighted by Gasteiger charge is -2.60. The summed E-state index contributed by atoms with van der Waals surface area (Å²) in [6.45, 7) is 9.35. The van der Waals surface area contributed by atoms with Gasteiger partial charge in [0.1, 0.15) is 11.5 Å². The molecule has 2 heterocycles. The van der Waals surface area contributed by atoms with Crippen LogP contribution in [0.15, 0.2) is 34.9 Å². The summed E-state index contributed by atoms with van der Waals surface area (Å²) in [5.74, 6) is 1.04. The van der Waals surface area contributed by atoms with E-state index in [0.717, 1.165) is 18.5 Å². The molecule has 1 amide bonds. The number of hydrogen-bond donors (Lipinski definition) is 1. The van der Waals surface area contributed by atoms with Gasteiger partial charge in [0.2, 0.25) is 0 Å². The van der Waals surface area contributed by atoms with Gasteiger partial charge in [-0.25, -0.2) is 0 Å². The third-order valence-electron chi connectivity index (χ3n) is 6.98. The Balaban J connectivity index is 1.82. The molecule has 1 saturated heterocycles. The molecule has 4 nitrogen and oxygen atoms in total. The lowest BCUT2D eigenvalue weighted by atomic mass is 9.51. The normalized spacial score (nSPS) is 27.0. The highest BCUT2D eigenvalue weighted by Crippen LogP contribution is 2.57. The third-order valence-corrected chi connectivity index (χ3v) is 6.98. The van der Waals surface area contributed by atoms with Crippen molar-refractivity contribution in [3.63, 3.8) is 0 Å². The van der Waals surface area contributed by atoms with E-state index in [1.165, 1.54) is 5.56 Å². The molecule has 2 aromatic rings. The van der Waals surface area contributed by atoms with E-state index in [9.17, 15) is 9.90 Å². The van der Waals surface area contributed by atoms with Crippen molar-refractivity contribution in [2.24, 2.45) is 5.41 Å². The maximum atomic E-state index is 13.2. The topological polar surface area (TPSA) is 53.7 Å². The van der Waals surface area contributed by atoms with Crippen molar-refractivity contribution in [3.8, 4) is 5.75 Å². The number of fused-ring (bicyclic) bond motifs is 4. The Morgan fingerprint density at radius 2 is 2.04 bits per heavy atom. The van der Waals surface area contributed by atoms with Crippen LogP contribution in [0.3, 0.4) is 0 Å². The molecule has 1 aromatic heterocycles. The van der Waals surface area contributed by atoms with Crippen molar-refractivity contribution < 1.29 is 14.3 Å². The number of phenols is 1. The Hall–Kier alpha value is -2.23. The molecule has 4 rings (SSSR count). The quantitative estimate of drug-likeness (QED) is 0.853. The van der Waals surface area contributed by atoms with Crippen LogP contribution in [0.5, 0.6) is 5.75 Å². The van der Waals surface area contributed by atoms with E-state index < -0.39 is 0 Å². The van der Waals surface area contributed by atoms with Crippen molar-refractivity contribution in [1.29, 1.82) is 0 Å². The number of nitrogens with zero attached hydrogens (tertiary/aromatic N) is 1. The minimum Gasteiger partial charge on any atom is -0.508 e. The number of carbonyl (C=O) groups is 1. The zero-order valence-corrected chi connectivity index (χ0v) is 15.3. The zero-order valence-electron chi connectivity index (χ0n) is 15.3. The monoisotopic (exact) mass is 339 g/mol. The van der Waals surface area contributed by atoms with E-state index in [1.807, 2.05) is 17.9 Å². The van der Waals surface area contributed by atoms with Crippen LogP contribution in [0.25, 0.3) is 0 Å². The van der Waals surface area contributed by atoms with E-state index in [2.05, 4.69) is 26.8 Å². The first-order valence-corrected chi connectivity index (χ1v) is 8.94. The molecule has 132 valence electrons. The van der Waals surface area contributed by atoms with Crippen LogP contribution in [0.2, 0.25) is 0 Å². The molecule has 1 N–H and O–H groups in total. The molecule has 1 unspecified atom stereocenters. The Morgan fingerprint density at radius 1 is 1.28 bits per heavy atom. The van der Waals surface area contributed by atoms with Gasteiger partial charge in [0, 0.05) is 18.0 Å². The Bertz CT molecular complexity index is 851. The van der Waals surface area contributed by atoms with E-state index in [-0.39, 0.29) is 22.8 Å². The number of hydrogen-bond acceptors (Lipinski definition) is 3. The second-order valence-corrected chi connectivity index (χ2v) is 8.22. The highest BCUT2D eigenvalue weighted by atomic mass is 16.3. The minimum absolute atomic E-state index is 0.0326. The van der Waals surface area contributed by atoms with E-state index >= 15 is 0 Å². The van der Waals surface area contributed by atoms with Crippen molar-refractivity contribution in [3.05, 3.63) is 53.0 Å². The smallest absolute Gasteiger partial charge is 0.257 e. The summed E-state index contributed by atoms with van der Waals surface area (Å²) < 4.78 is 5.34. The van der Waals surface area contributed by atoms with Crippen LogP contribution < -0.4 is 0 Å². The summed E-state index contributed by atoms with van der Waals surface area (Å²) in [7, 11) is 0. The van der Waals surface area contributed by atoms with E-state index in [4.69, 9.17) is 4.42 Å². The van der Waals surface area contributed by atoms with Gasteiger partial charge >= 0.3 is 0 Å². The molecule has 0 radical (unpaired) electrons. The zero-order chi connectivity index (χ0) is 18.0. The highest BCUT2D eigenvalue weighted by Gasteiger charge is 2.57. The summed E-state index contributed by atoms with van der Waals surface area (Å²) in [6.07, 6.45) is 3.15. The summed E-state index contributed by atoms with van der Waals surface area (Å²) in [5, 5.41) is 10.4. The van der Waals surface area contributed by atoms with Crippen LogP contribution in [-0.4, -0.2) is 28.5 Å². The third kappa shape index (κ3) is 2.03. The molecule has 4 heteroatoms. The fourth-order valence-electron chi connectivity index (χ4n) is 4.93. The minimum atomic E-state index is -0.0840. The lowest BCUT2D eigenvalue weighted by molar-refractivity contribution is -0.0267. The standard InChI is InChI=1S/C21H25NO3/c1-13-14(8-11-25-13)19(24)22-10-9-21(4)16-6-5-7-17(23)15(16)12-18(22)20(21,2)3/h5-8,11,18,23H,9-10,12H2,1-4H3/t18?,21-/m0/s1. The molecular formula is C21H25NO3. The molecule has 0 spiro atoms. The van der Waals surface area contributed by atoms with Gasteiger partial charge in [0.25, 0.3) is 5.91 Å². The van der Waals surface area contributed by atoms with Crippen molar-refractivity contribution >= 4 is 5.91 Å². The van der Waals surface area contributed by atoms with Gasteiger partial charge in [-0.15, -0.1) is 0 Å². The molecule has 25 heavy (non-hydrogen) atoms. The van der Waals surface area contributed by atoms with Gasteiger partial charge in [-0.1, -0.05) is 32.9 Å². The first-order chi connectivity index (χ1) is 11.8. The van der Waals surface area contributed by atoms with Crippen LogP contribution in [-0.2, 0) is 11.8 Å². The van der Waals surface area contributed by atoms with Gasteiger partial charge in [0.05, 0.1) is 11.8 Å². The summed E-state index contributed by atoms with van der Waals surface area (Å²) >= 11 is 0. The fraction of sp³-hybridized carbons (Fsp3) is 0.476. The van der Waals surface area contributed by atoms with Crippen LogP contribution >= 0.6 is 0 Å². The van der Waals surface area contributed by atoms with Gasteiger partial charge in [0.15, 0.2) is 0 Å². The lowest BCUT2D eigenvalue weighted by Crippen LogP contribution is -2.64. The molecule has 1 aliphatic carbocycles. The number of phenolic OH excluding ortho intramolecular Hbond substituents is 1. The second kappa shape index (κ2) is 5.13. The first kappa shape index (κ1) is 16.2. The first-order valence-electron chi connectivity index (χ1n) is 8.94. The fourth-order valence-corrected chi connectivity index (χ4v) is 4.93. The highest BCUT2D eigenvalue weighted by molar-refractivity contribution is 5.95. The van der Waals surface area contributed by atoms with Crippen LogP contribution in [0.4, 0.5) is 0 Å². The maximum absolute atomic E-state index is 13.2. The number of rotatable bonds is 1. The van der Waals surface area contributed by atoms with Crippen molar-refractivity contribution in [2.45, 2.75) is 52.0 Å². The molecular weight excluding hydrogens is 314 g/mol. The summed E-state index contributed by atoms with van der Waals surface area (Å²) in [5.41, 5.74) is 2.73. The Kier molecular flexibility index (Phi) is 3.34. The molecule has 1 fully saturated rings. The Labute approximate surface area is 148 Å². The maximum Gasteiger partial charge on any atom is 0.257 e. The number of aryl methyl sites for hydroxylation is 1.